The van der Waals surface area contributed by atoms with E-state index in [1.165, 1.54) is 11.9 Å². The standard InChI is InChI=1S/C24H24F3N7OS/c1-13-14(2)21(32-31-18(13)16-6-4-15(12-28)5-7-16)34-10-8-17(9-11-34)33(3)22(35)19-20(24(25,26)27)30-23(29)36-19/h4-7,17H,8-11H2,1-3H3,(H2,29,30). The van der Waals surface area contributed by atoms with E-state index in [1.54, 1.807) is 12.1 Å². The molecule has 3 aromatic rings. The third kappa shape index (κ3) is 4.83. The second kappa shape index (κ2) is 9.73. The summed E-state index contributed by atoms with van der Waals surface area (Å²) in [6.45, 7) is 5.09. The number of carbonyl (C=O) groups is 1. The number of hydrogen-bond donors (Lipinski definition) is 1. The molecule has 8 nitrogen and oxygen atoms in total. The Hall–Kier alpha value is -3.72. The van der Waals surface area contributed by atoms with Gasteiger partial charge in [-0.3, -0.25) is 4.79 Å². The SMILES string of the molecule is Cc1c(-c2ccc(C#N)cc2)nnc(N2CCC(N(C)C(=O)c3sc(N)nc3C(F)(F)F)CC2)c1C. The number of alkyl halides is 3. The molecule has 0 atom stereocenters. The van der Waals surface area contributed by atoms with Gasteiger partial charge >= 0.3 is 6.18 Å². The molecule has 1 aliphatic heterocycles. The molecule has 1 aliphatic rings. The van der Waals surface area contributed by atoms with E-state index < -0.39 is 22.7 Å². The van der Waals surface area contributed by atoms with Gasteiger partial charge in [0, 0.05) is 31.7 Å². The van der Waals surface area contributed by atoms with Crippen LogP contribution in [0.15, 0.2) is 24.3 Å². The zero-order valence-corrected chi connectivity index (χ0v) is 20.7. The Bertz CT molecular complexity index is 1320. The average Bonchev–Trinajstić information content (AvgIpc) is 3.27. The van der Waals surface area contributed by atoms with E-state index in [0.29, 0.717) is 42.8 Å². The van der Waals surface area contributed by atoms with E-state index >= 15 is 0 Å². The highest BCUT2D eigenvalue weighted by Gasteiger charge is 2.41. The lowest BCUT2D eigenvalue weighted by Gasteiger charge is -2.37. The molecule has 36 heavy (non-hydrogen) atoms. The van der Waals surface area contributed by atoms with Gasteiger partial charge in [0.15, 0.2) is 16.6 Å². The molecule has 188 valence electrons. The molecule has 3 heterocycles. The van der Waals surface area contributed by atoms with Gasteiger partial charge in [-0.15, -0.1) is 10.2 Å². The zero-order chi connectivity index (χ0) is 26.2. The number of nitrogen functional groups attached to an aromatic ring is 1. The first-order chi connectivity index (χ1) is 17.0. The van der Waals surface area contributed by atoms with Crippen molar-refractivity contribution in [2.75, 3.05) is 30.8 Å². The number of carbonyl (C=O) groups excluding carboxylic acids is 1. The van der Waals surface area contributed by atoms with Crippen molar-refractivity contribution in [1.29, 1.82) is 5.26 Å². The van der Waals surface area contributed by atoms with Crippen molar-refractivity contribution in [1.82, 2.24) is 20.1 Å². The number of halogens is 3. The third-order valence-electron chi connectivity index (χ3n) is 6.52. The van der Waals surface area contributed by atoms with E-state index in [9.17, 15) is 18.0 Å². The molecule has 0 radical (unpaired) electrons. The number of rotatable bonds is 4. The number of nitriles is 1. The molecule has 1 aromatic carbocycles. The Labute approximate surface area is 210 Å². The summed E-state index contributed by atoms with van der Waals surface area (Å²) in [5.74, 6) is 0.0143. The first-order valence-corrected chi connectivity index (χ1v) is 12.0. The fourth-order valence-corrected chi connectivity index (χ4v) is 5.17. The molecule has 2 N–H and O–H groups in total. The normalized spacial score (nSPS) is 14.5. The predicted octanol–water partition coefficient (Wildman–Crippen LogP) is 4.43. The summed E-state index contributed by atoms with van der Waals surface area (Å²) in [6.07, 6.45) is -3.62. The lowest BCUT2D eigenvalue weighted by Crippen LogP contribution is -2.46. The summed E-state index contributed by atoms with van der Waals surface area (Å²) in [7, 11) is 1.51. The molecule has 2 aromatic heterocycles. The van der Waals surface area contributed by atoms with Gasteiger partial charge in [-0.25, -0.2) is 4.98 Å². The van der Waals surface area contributed by atoms with Gasteiger partial charge in [-0.2, -0.15) is 18.4 Å². The van der Waals surface area contributed by atoms with E-state index in [4.69, 9.17) is 11.0 Å². The van der Waals surface area contributed by atoms with Gasteiger partial charge < -0.3 is 15.5 Å². The number of nitrogens with zero attached hydrogens (tertiary/aromatic N) is 6. The Kier molecular flexibility index (Phi) is 6.86. The van der Waals surface area contributed by atoms with Gasteiger partial charge in [0.25, 0.3) is 5.91 Å². The molecule has 1 fully saturated rings. The van der Waals surface area contributed by atoms with Crippen LogP contribution >= 0.6 is 11.3 Å². The van der Waals surface area contributed by atoms with E-state index in [1.807, 2.05) is 26.0 Å². The number of nitrogens with two attached hydrogens (primary N) is 1. The number of hydrogen-bond acceptors (Lipinski definition) is 8. The quantitative estimate of drug-likeness (QED) is 0.547. The van der Waals surface area contributed by atoms with E-state index in [2.05, 4.69) is 26.2 Å². The van der Waals surface area contributed by atoms with Gasteiger partial charge in [-0.1, -0.05) is 23.5 Å². The van der Waals surface area contributed by atoms with Crippen LogP contribution in [0, 0.1) is 25.2 Å². The number of aromatic nitrogens is 3. The lowest BCUT2D eigenvalue weighted by molar-refractivity contribution is -0.141. The van der Waals surface area contributed by atoms with Crippen molar-refractivity contribution in [2.24, 2.45) is 0 Å². The largest absolute Gasteiger partial charge is 0.435 e. The first-order valence-electron chi connectivity index (χ1n) is 11.2. The summed E-state index contributed by atoms with van der Waals surface area (Å²) in [5.41, 5.74) is 8.36. The van der Waals surface area contributed by atoms with Crippen molar-refractivity contribution in [3.63, 3.8) is 0 Å². The van der Waals surface area contributed by atoms with Crippen LogP contribution in [0.2, 0.25) is 0 Å². The smallest absolute Gasteiger partial charge is 0.375 e. The highest BCUT2D eigenvalue weighted by molar-refractivity contribution is 7.17. The van der Waals surface area contributed by atoms with Gasteiger partial charge in [0.1, 0.15) is 4.88 Å². The summed E-state index contributed by atoms with van der Waals surface area (Å²) in [5, 5.41) is 17.6. The minimum absolute atomic E-state index is 0.231. The van der Waals surface area contributed by atoms with Crippen LogP contribution in [0.5, 0.6) is 0 Å². The summed E-state index contributed by atoms with van der Waals surface area (Å²) < 4.78 is 39.9. The third-order valence-corrected chi connectivity index (χ3v) is 7.40. The molecule has 1 amide bonds. The summed E-state index contributed by atoms with van der Waals surface area (Å²) in [4.78, 5) is 19.2. The number of benzene rings is 1. The molecule has 0 unspecified atom stereocenters. The van der Waals surface area contributed by atoms with Crippen LogP contribution in [0.4, 0.5) is 24.1 Å². The maximum atomic E-state index is 13.3. The van der Waals surface area contributed by atoms with E-state index in [-0.39, 0.29) is 11.2 Å². The first kappa shape index (κ1) is 25.4. The Balaban J connectivity index is 1.47. The van der Waals surface area contributed by atoms with Crippen molar-refractivity contribution >= 4 is 28.2 Å². The monoisotopic (exact) mass is 515 g/mol. The second-order valence-corrected chi connectivity index (χ2v) is 9.70. The van der Waals surface area contributed by atoms with Crippen LogP contribution in [0.3, 0.4) is 0 Å². The average molecular weight is 516 g/mol. The number of piperidine rings is 1. The van der Waals surface area contributed by atoms with Crippen LogP contribution in [-0.2, 0) is 6.18 Å². The van der Waals surface area contributed by atoms with Crippen LogP contribution in [-0.4, -0.2) is 52.2 Å². The minimum Gasteiger partial charge on any atom is -0.375 e. The van der Waals surface area contributed by atoms with Crippen molar-refractivity contribution < 1.29 is 18.0 Å². The van der Waals surface area contributed by atoms with Gasteiger partial charge in [0.05, 0.1) is 17.3 Å². The molecule has 12 heteroatoms. The van der Waals surface area contributed by atoms with Crippen LogP contribution in [0.1, 0.15) is 44.9 Å². The number of amides is 1. The highest BCUT2D eigenvalue weighted by atomic mass is 32.1. The Morgan fingerprint density at radius 1 is 1.17 bits per heavy atom. The van der Waals surface area contributed by atoms with Crippen molar-refractivity contribution in [2.45, 2.75) is 38.9 Å². The molecular weight excluding hydrogens is 491 g/mol. The summed E-state index contributed by atoms with van der Waals surface area (Å²) >= 11 is 0.555. The molecule has 4 rings (SSSR count). The fourth-order valence-electron chi connectivity index (χ4n) is 4.33. The van der Waals surface area contributed by atoms with Crippen LogP contribution in [0.25, 0.3) is 11.3 Å². The zero-order valence-electron chi connectivity index (χ0n) is 19.9. The van der Waals surface area contributed by atoms with Crippen molar-refractivity contribution in [3.05, 3.63) is 51.5 Å². The second-order valence-electron chi connectivity index (χ2n) is 8.67. The maximum absolute atomic E-state index is 13.3. The fraction of sp³-hybridized carbons (Fsp3) is 0.375. The molecule has 1 saturated heterocycles. The van der Waals surface area contributed by atoms with Gasteiger partial charge in [0.2, 0.25) is 0 Å². The maximum Gasteiger partial charge on any atom is 0.435 e. The number of thiazole rings is 1. The highest BCUT2D eigenvalue weighted by Crippen LogP contribution is 2.36. The summed E-state index contributed by atoms with van der Waals surface area (Å²) in [6, 6.07) is 9.02. The number of anilines is 2. The molecule has 0 saturated carbocycles. The molecule has 0 bridgehead atoms. The molecule has 0 aliphatic carbocycles. The van der Waals surface area contributed by atoms with Gasteiger partial charge in [-0.05, 0) is 49.9 Å². The van der Waals surface area contributed by atoms with Crippen molar-refractivity contribution in [3.8, 4) is 17.3 Å². The Morgan fingerprint density at radius 3 is 2.39 bits per heavy atom. The topological polar surface area (TPSA) is 112 Å². The van der Waals surface area contributed by atoms with Crippen LogP contribution < -0.4 is 10.6 Å². The molecular formula is C24H24F3N7OS. The predicted molar refractivity (Wildman–Crippen MR) is 131 cm³/mol. The van der Waals surface area contributed by atoms with E-state index in [0.717, 1.165) is 28.2 Å². The minimum atomic E-state index is -4.75. The lowest BCUT2D eigenvalue weighted by atomic mass is 10.0. The molecule has 0 spiro atoms. The Morgan fingerprint density at radius 2 is 1.81 bits per heavy atom.